The number of ether oxygens (including phenoxy) is 3. The molecular formula is C21H20ClFN2O5. The van der Waals surface area contributed by atoms with E-state index in [9.17, 15) is 14.0 Å². The monoisotopic (exact) mass is 434 g/mol. The lowest BCUT2D eigenvalue weighted by Gasteiger charge is -2.25. The van der Waals surface area contributed by atoms with Crippen LogP contribution in [0.25, 0.3) is 0 Å². The van der Waals surface area contributed by atoms with Crippen LogP contribution in [0, 0.1) is 5.82 Å². The summed E-state index contributed by atoms with van der Waals surface area (Å²) in [5.74, 6) is -0.120. The molecule has 2 aromatic carbocycles. The summed E-state index contributed by atoms with van der Waals surface area (Å²) in [7, 11) is 0. The number of carbonyl (C=O) groups is 2. The van der Waals surface area contributed by atoms with E-state index >= 15 is 0 Å². The van der Waals surface area contributed by atoms with Crippen molar-refractivity contribution in [2.45, 2.75) is 12.5 Å². The summed E-state index contributed by atoms with van der Waals surface area (Å²) < 4.78 is 29.7. The van der Waals surface area contributed by atoms with Crippen molar-refractivity contribution in [1.82, 2.24) is 10.6 Å². The van der Waals surface area contributed by atoms with Gasteiger partial charge in [-0.05, 0) is 24.3 Å². The topological polar surface area (TPSA) is 85.9 Å². The molecule has 0 saturated heterocycles. The molecule has 2 aromatic rings. The van der Waals surface area contributed by atoms with Crippen molar-refractivity contribution in [3.63, 3.8) is 0 Å². The van der Waals surface area contributed by atoms with E-state index in [4.69, 9.17) is 25.8 Å². The van der Waals surface area contributed by atoms with Crippen LogP contribution in [0.4, 0.5) is 4.39 Å². The Morgan fingerprint density at radius 2 is 2.00 bits per heavy atom. The van der Waals surface area contributed by atoms with Crippen molar-refractivity contribution in [1.29, 1.82) is 0 Å². The number of para-hydroxylation sites is 2. The molecule has 0 saturated carbocycles. The van der Waals surface area contributed by atoms with Gasteiger partial charge in [-0.15, -0.1) is 0 Å². The molecule has 2 amide bonds. The van der Waals surface area contributed by atoms with E-state index in [0.29, 0.717) is 23.6 Å². The first kappa shape index (κ1) is 21.4. The molecule has 3 rings (SSSR count). The third kappa shape index (κ3) is 5.87. The number of hydrogen-bond donors (Lipinski definition) is 2. The highest BCUT2D eigenvalue weighted by atomic mass is 35.5. The molecule has 158 valence electrons. The molecular weight excluding hydrogens is 415 g/mol. The van der Waals surface area contributed by atoms with E-state index in [0.717, 1.165) is 6.07 Å². The second-order valence-corrected chi connectivity index (χ2v) is 6.83. The van der Waals surface area contributed by atoms with E-state index in [2.05, 4.69) is 17.2 Å². The fraction of sp³-hybridized carbons (Fsp3) is 0.238. The molecule has 0 fully saturated rings. The Morgan fingerprint density at radius 3 is 2.77 bits per heavy atom. The van der Waals surface area contributed by atoms with Crippen molar-refractivity contribution in [3.05, 3.63) is 65.6 Å². The Kier molecular flexibility index (Phi) is 7.13. The van der Waals surface area contributed by atoms with Gasteiger partial charge >= 0.3 is 0 Å². The van der Waals surface area contributed by atoms with E-state index < -0.39 is 17.8 Å². The molecule has 0 radical (unpaired) electrons. The summed E-state index contributed by atoms with van der Waals surface area (Å²) in [6.07, 6.45) is -0.476. The molecule has 0 aliphatic carbocycles. The Bertz CT molecular complexity index is 953. The number of carbonyl (C=O) groups excluding carboxylic acids is 2. The Morgan fingerprint density at radius 1 is 1.23 bits per heavy atom. The van der Waals surface area contributed by atoms with Gasteiger partial charge < -0.3 is 24.8 Å². The first-order chi connectivity index (χ1) is 14.4. The first-order valence-electron chi connectivity index (χ1n) is 9.14. The highest BCUT2D eigenvalue weighted by molar-refractivity contribution is 6.30. The molecule has 1 atom stereocenters. The number of nitrogens with one attached hydrogen (secondary N) is 2. The van der Waals surface area contributed by atoms with Crippen molar-refractivity contribution < 1.29 is 28.2 Å². The van der Waals surface area contributed by atoms with Gasteiger partial charge in [-0.1, -0.05) is 30.3 Å². The average molecular weight is 435 g/mol. The van der Waals surface area contributed by atoms with Crippen LogP contribution in [0.15, 0.2) is 54.7 Å². The Labute approximate surface area is 177 Å². The average Bonchev–Trinajstić information content (AvgIpc) is 2.74. The van der Waals surface area contributed by atoms with Gasteiger partial charge in [0.1, 0.15) is 18.2 Å². The zero-order valence-corrected chi connectivity index (χ0v) is 16.7. The van der Waals surface area contributed by atoms with Gasteiger partial charge in [0.25, 0.3) is 11.8 Å². The summed E-state index contributed by atoms with van der Waals surface area (Å²) in [6.45, 7) is 3.82. The van der Waals surface area contributed by atoms with E-state index in [-0.39, 0.29) is 36.4 Å². The molecule has 1 aliphatic heterocycles. The molecule has 1 heterocycles. The van der Waals surface area contributed by atoms with Crippen LogP contribution >= 0.6 is 11.6 Å². The van der Waals surface area contributed by atoms with E-state index in [1.54, 1.807) is 18.2 Å². The SMILES string of the molecule is C=C(CCNC(=O)COc1ccc(Cl)c(F)c1)NC(=O)C1COc2ccccc2O1. The molecule has 9 heteroatoms. The minimum atomic E-state index is -0.792. The van der Waals surface area contributed by atoms with Crippen LogP contribution in [-0.4, -0.2) is 37.7 Å². The maximum Gasteiger partial charge on any atom is 0.268 e. The van der Waals surface area contributed by atoms with E-state index in [1.807, 2.05) is 6.07 Å². The Balaban J connectivity index is 1.35. The van der Waals surface area contributed by atoms with Crippen LogP contribution < -0.4 is 24.8 Å². The molecule has 0 aromatic heterocycles. The number of rotatable bonds is 8. The summed E-state index contributed by atoms with van der Waals surface area (Å²) in [4.78, 5) is 24.1. The van der Waals surface area contributed by atoms with Gasteiger partial charge in [0.2, 0.25) is 6.10 Å². The van der Waals surface area contributed by atoms with Gasteiger partial charge in [-0.25, -0.2) is 4.39 Å². The molecule has 7 nitrogen and oxygen atoms in total. The summed E-state index contributed by atoms with van der Waals surface area (Å²) in [5.41, 5.74) is 0.420. The van der Waals surface area contributed by atoms with E-state index in [1.165, 1.54) is 12.1 Å². The lowest BCUT2D eigenvalue weighted by molar-refractivity contribution is -0.129. The molecule has 1 unspecified atom stereocenters. The van der Waals surface area contributed by atoms with Crippen molar-refractivity contribution in [2.75, 3.05) is 19.8 Å². The van der Waals surface area contributed by atoms with Gasteiger partial charge in [0.05, 0.1) is 5.02 Å². The normalized spacial score (nSPS) is 14.5. The molecule has 30 heavy (non-hydrogen) atoms. The quantitative estimate of drug-likeness (QED) is 0.667. The number of amides is 2. The van der Waals surface area contributed by atoms with Gasteiger partial charge in [0, 0.05) is 24.7 Å². The highest BCUT2D eigenvalue weighted by Gasteiger charge is 2.27. The van der Waals surface area contributed by atoms with Gasteiger partial charge in [0.15, 0.2) is 18.1 Å². The third-order valence-corrected chi connectivity index (χ3v) is 4.42. The fourth-order valence-corrected chi connectivity index (χ4v) is 2.70. The second-order valence-electron chi connectivity index (χ2n) is 6.42. The minimum absolute atomic E-state index is 0.0261. The number of halogens is 2. The van der Waals surface area contributed by atoms with Gasteiger partial charge in [-0.2, -0.15) is 0 Å². The summed E-state index contributed by atoms with van der Waals surface area (Å²) in [5, 5.41) is 5.25. The van der Waals surface area contributed by atoms with Crippen molar-refractivity contribution in [3.8, 4) is 17.2 Å². The maximum absolute atomic E-state index is 13.3. The zero-order valence-electron chi connectivity index (χ0n) is 16.0. The van der Waals surface area contributed by atoms with Crippen molar-refractivity contribution in [2.24, 2.45) is 0 Å². The lowest BCUT2D eigenvalue weighted by Crippen LogP contribution is -2.43. The van der Waals surface area contributed by atoms with Crippen LogP contribution in [0.1, 0.15) is 6.42 Å². The minimum Gasteiger partial charge on any atom is -0.485 e. The third-order valence-electron chi connectivity index (χ3n) is 4.11. The second kappa shape index (κ2) is 9.98. The molecule has 0 spiro atoms. The maximum atomic E-state index is 13.3. The molecule has 1 aliphatic rings. The van der Waals surface area contributed by atoms with Crippen molar-refractivity contribution >= 4 is 23.4 Å². The standard InChI is InChI=1S/C21H20ClFN2O5/c1-13(25-21(27)19-11-29-17-4-2-3-5-18(17)30-19)8-9-24-20(26)12-28-14-6-7-15(22)16(23)10-14/h2-7,10,19H,1,8-9,11-12H2,(H,24,26)(H,25,27). The Hall–Kier alpha value is -3.26. The predicted octanol–water partition coefficient (Wildman–Crippen LogP) is 2.83. The smallest absolute Gasteiger partial charge is 0.268 e. The number of fused-ring (bicyclic) bond motifs is 1. The van der Waals surface area contributed by atoms with Gasteiger partial charge in [-0.3, -0.25) is 9.59 Å². The lowest BCUT2D eigenvalue weighted by atomic mass is 10.2. The predicted molar refractivity (Wildman–Crippen MR) is 108 cm³/mol. The summed E-state index contributed by atoms with van der Waals surface area (Å²) >= 11 is 5.59. The summed E-state index contributed by atoms with van der Waals surface area (Å²) in [6, 6.07) is 11.0. The zero-order chi connectivity index (χ0) is 21.5. The van der Waals surface area contributed by atoms with Crippen LogP contribution in [0.2, 0.25) is 5.02 Å². The number of hydrogen-bond acceptors (Lipinski definition) is 5. The van der Waals surface area contributed by atoms with Crippen LogP contribution in [0.3, 0.4) is 0 Å². The van der Waals surface area contributed by atoms with Crippen LogP contribution in [0.5, 0.6) is 17.2 Å². The highest BCUT2D eigenvalue weighted by Crippen LogP contribution is 2.30. The molecule has 0 bridgehead atoms. The van der Waals surface area contributed by atoms with Crippen LogP contribution in [-0.2, 0) is 9.59 Å². The first-order valence-corrected chi connectivity index (χ1v) is 9.52. The fourth-order valence-electron chi connectivity index (χ4n) is 2.59. The largest absolute Gasteiger partial charge is 0.485 e. The molecule has 2 N–H and O–H groups in total. The number of benzene rings is 2.